The van der Waals surface area contributed by atoms with Gasteiger partial charge in [0.15, 0.2) is 0 Å². The molecule has 0 saturated heterocycles. The maximum absolute atomic E-state index is 13.3. The number of aromatic nitrogens is 2. The summed E-state index contributed by atoms with van der Waals surface area (Å²) in [4.78, 5) is 4.61. The number of para-hydroxylation sites is 2. The Balaban J connectivity index is 1.89. The number of aryl methyl sites for hydroxylation is 1. The van der Waals surface area contributed by atoms with Crippen molar-refractivity contribution < 1.29 is 4.39 Å². The van der Waals surface area contributed by atoms with Gasteiger partial charge in [-0.1, -0.05) is 23.7 Å². The number of rotatable bonds is 4. The van der Waals surface area contributed by atoms with Gasteiger partial charge in [-0.05, 0) is 37.3 Å². The zero-order chi connectivity index (χ0) is 14.8. The molecule has 108 valence electrons. The van der Waals surface area contributed by atoms with E-state index in [1.165, 1.54) is 12.1 Å². The molecule has 0 unspecified atom stereocenters. The standard InChI is InChI=1S/C16H15ClFN3/c1-2-21-15-6-4-3-5-13(15)20-16(21)10-19-14-9-11(18)7-8-12(14)17/h3-9,19H,2,10H2,1H3. The number of hydrogen-bond donors (Lipinski definition) is 1. The summed E-state index contributed by atoms with van der Waals surface area (Å²) < 4.78 is 15.4. The minimum Gasteiger partial charge on any atom is -0.377 e. The van der Waals surface area contributed by atoms with E-state index in [1.54, 1.807) is 6.07 Å². The number of nitrogens with one attached hydrogen (secondary N) is 1. The van der Waals surface area contributed by atoms with E-state index in [-0.39, 0.29) is 5.82 Å². The van der Waals surface area contributed by atoms with Crippen LogP contribution < -0.4 is 5.32 Å². The Hall–Kier alpha value is -2.07. The van der Waals surface area contributed by atoms with Crippen LogP contribution in [0.25, 0.3) is 11.0 Å². The van der Waals surface area contributed by atoms with E-state index in [9.17, 15) is 4.39 Å². The Kier molecular flexibility index (Phi) is 3.80. The third-order valence-electron chi connectivity index (χ3n) is 3.42. The fourth-order valence-corrected chi connectivity index (χ4v) is 2.60. The zero-order valence-electron chi connectivity index (χ0n) is 11.6. The highest BCUT2D eigenvalue weighted by atomic mass is 35.5. The number of hydrogen-bond acceptors (Lipinski definition) is 2. The van der Waals surface area contributed by atoms with Gasteiger partial charge in [-0.15, -0.1) is 0 Å². The average Bonchev–Trinajstić information content (AvgIpc) is 2.85. The van der Waals surface area contributed by atoms with E-state index in [2.05, 4.69) is 21.8 Å². The second kappa shape index (κ2) is 5.74. The first-order valence-corrected chi connectivity index (χ1v) is 7.20. The van der Waals surface area contributed by atoms with Crippen molar-refractivity contribution in [3.63, 3.8) is 0 Å². The molecule has 0 fully saturated rings. The maximum atomic E-state index is 13.3. The molecule has 0 aliphatic rings. The Morgan fingerprint density at radius 1 is 1.24 bits per heavy atom. The fraction of sp³-hybridized carbons (Fsp3) is 0.188. The molecule has 0 radical (unpaired) electrons. The molecule has 3 rings (SSSR count). The highest BCUT2D eigenvalue weighted by Gasteiger charge is 2.09. The Morgan fingerprint density at radius 3 is 2.86 bits per heavy atom. The van der Waals surface area contributed by atoms with Gasteiger partial charge < -0.3 is 9.88 Å². The van der Waals surface area contributed by atoms with E-state index >= 15 is 0 Å². The van der Waals surface area contributed by atoms with Gasteiger partial charge in [0.1, 0.15) is 11.6 Å². The van der Waals surface area contributed by atoms with Gasteiger partial charge in [-0.25, -0.2) is 9.37 Å². The summed E-state index contributed by atoms with van der Waals surface area (Å²) in [5, 5.41) is 3.65. The Bertz CT molecular complexity index is 782. The van der Waals surface area contributed by atoms with Crippen LogP contribution in [0.1, 0.15) is 12.7 Å². The third-order valence-corrected chi connectivity index (χ3v) is 3.74. The van der Waals surface area contributed by atoms with Crippen LogP contribution in [0.5, 0.6) is 0 Å². The van der Waals surface area contributed by atoms with Crippen molar-refractivity contribution in [2.24, 2.45) is 0 Å². The highest BCUT2D eigenvalue weighted by molar-refractivity contribution is 6.33. The normalized spacial score (nSPS) is 11.0. The molecular formula is C16H15ClFN3. The van der Waals surface area contributed by atoms with Crippen molar-refractivity contribution in [3.05, 3.63) is 59.1 Å². The largest absolute Gasteiger partial charge is 0.377 e. The van der Waals surface area contributed by atoms with Crippen LogP contribution in [-0.4, -0.2) is 9.55 Å². The van der Waals surface area contributed by atoms with E-state index in [0.29, 0.717) is 17.3 Å². The molecule has 1 heterocycles. The molecule has 0 amide bonds. The van der Waals surface area contributed by atoms with Crippen LogP contribution >= 0.6 is 11.6 Å². The van der Waals surface area contributed by atoms with Crippen LogP contribution in [0, 0.1) is 5.82 Å². The van der Waals surface area contributed by atoms with Crippen molar-refractivity contribution in [1.29, 1.82) is 0 Å². The van der Waals surface area contributed by atoms with E-state index in [0.717, 1.165) is 23.4 Å². The summed E-state index contributed by atoms with van der Waals surface area (Å²) in [5.74, 6) is 0.588. The lowest BCUT2D eigenvalue weighted by Gasteiger charge is -2.10. The van der Waals surface area contributed by atoms with Crippen molar-refractivity contribution in [1.82, 2.24) is 9.55 Å². The second-order valence-electron chi connectivity index (χ2n) is 4.74. The number of nitrogens with zero attached hydrogens (tertiary/aromatic N) is 2. The second-order valence-corrected chi connectivity index (χ2v) is 5.15. The number of fused-ring (bicyclic) bond motifs is 1. The quantitative estimate of drug-likeness (QED) is 0.771. The minimum atomic E-state index is -0.314. The van der Waals surface area contributed by atoms with Gasteiger partial charge in [-0.2, -0.15) is 0 Å². The lowest BCUT2D eigenvalue weighted by Crippen LogP contribution is -2.08. The summed E-state index contributed by atoms with van der Waals surface area (Å²) in [7, 11) is 0. The van der Waals surface area contributed by atoms with Crippen molar-refractivity contribution in [2.75, 3.05) is 5.32 Å². The van der Waals surface area contributed by atoms with Gasteiger partial charge in [0.2, 0.25) is 0 Å². The molecule has 21 heavy (non-hydrogen) atoms. The highest BCUT2D eigenvalue weighted by Crippen LogP contribution is 2.23. The molecule has 1 aromatic heterocycles. The van der Waals surface area contributed by atoms with Crippen molar-refractivity contribution in [3.8, 4) is 0 Å². The number of anilines is 1. The molecule has 0 aliphatic carbocycles. The van der Waals surface area contributed by atoms with E-state index < -0.39 is 0 Å². The topological polar surface area (TPSA) is 29.9 Å². The van der Waals surface area contributed by atoms with Crippen LogP contribution in [0.15, 0.2) is 42.5 Å². The molecule has 1 N–H and O–H groups in total. The molecule has 0 spiro atoms. The van der Waals surface area contributed by atoms with Gasteiger partial charge in [0.25, 0.3) is 0 Å². The first-order valence-electron chi connectivity index (χ1n) is 6.82. The average molecular weight is 304 g/mol. The lowest BCUT2D eigenvalue weighted by molar-refractivity contribution is 0.628. The van der Waals surface area contributed by atoms with Crippen LogP contribution in [0.2, 0.25) is 5.02 Å². The zero-order valence-corrected chi connectivity index (χ0v) is 12.4. The van der Waals surface area contributed by atoms with Crippen molar-refractivity contribution in [2.45, 2.75) is 20.0 Å². The SMILES string of the molecule is CCn1c(CNc2cc(F)ccc2Cl)nc2ccccc21. The molecule has 0 bridgehead atoms. The summed E-state index contributed by atoms with van der Waals surface area (Å²) in [6.07, 6.45) is 0. The molecule has 0 saturated carbocycles. The van der Waals surface area contributed by atoms with Gasteiger partial charge in [0, 0.05) is 6.54 Å². The summed E-state index contributed by atoms with van der Waals surface area (Å²) in [6, 6.07) is 12.3. The molecule has 3 aromatic rings. The van der Waals surface area contributed by atoms with E-state index in [1.807, 2.05) is 24.3 Å². The molecule has 3 nitrogen and oxygen atoms in total. The summed E-state index contributed by atoms with van der Waals surface area (Å²) >= 11 is 6.06. The predicted molar refractivity (Wildman–Crippen MR) is 84.1 cm³/mol. The molecule has 0 atom stereocenters. The number of halogens is 2. The maximum Gasteiger partial charge on any atom is 0.129 e. The first kappa shape index (κ1) is 13.9. The van der Waals surface area contributed by atoms with Crippen molar-refractivity contribution >= 4 is 28.3 Å². The summed E-state index contributed by atoms with van der Waals surface area (Å²) in [5.41, 5.74) is 2.63. The summed E-state index contributed by atoms with van der Waals surface area (Å²) in [6.45, 7) is 3.40. The Labute approximate surface area is 127 Å². The van der Waals surface area contributed by atoms with Crippen LogP contribution in [0.4, 0.5) is 10.1 Å². The van der Waals surface area contributed by atoms with Gasteiger partial charge in [0.05, 0.1) is 28.3 Å². The number of imidazole rings is 1. The molecular weight excluding hydrogens is 289 g/mol. The van der Waals surface area contributed by atoms with Crippen LogP contribution in [-0.2, 0) is 13.1 Å². The van der Waals surface area contributed by atoms with Crippen LogP contribution in [0.3, 0.4) is 0 Å². The van der Waals surface area contributed by atoms with Gasteiger partial charge >= 0.3 is 0 Å². The Morgan fingerprint density at radius 2 is 2.05 bits per heavy atom. The predicted octanol–water partition coefficient (Wildman–Crippen LogP) is 4.46. The fourth-order valence-electron chi connectivity index (χ4n) is 2.42. The molecule has 2 aromatic carbocycles. The van der Waals surface area contributed by atoms with Gasteiger partial charge in [-0.3, -0.25) is 0 Å². The third kappa shape index (κ3) is 2.72. The first-order chi connectivity index (χ1) is 10.2. The monoisotopic (exact) mass is 303 g/mol. The molecule has 0 aliphatic heterocycles. The molecule has 5 heteroatoms. The smallest absolute Gasteiger partial charge is 0.129 e. The minimum absolute atomic E-state index is 0.314. The number of benzene rings is 2. The van der Waals surface area contributed by atoms with E-state index in [4.69, 9.17) is 11.6 Å². The lowest BCUT2D eigenvalue weighted by atomic mass is 10.3.